The number of nitrogens with one attached hydrogen (secondary N) is 2. The van der Waals surface area contributed by atoms with E-state index >= 15 is 0 Å². The van der Waals surface area contributed by atoms with Crippen molar-refractivity contribution in [2.45, 2.75) is 25.3 Å². The largest absolute Gasteiger partial charge is 0.481 e. The predicted molar refractivity (Wildman–Crippen MR) is 106 cm³/mol. The normalized spacial score (nSPS) is 11.3. The molecule has 0 heterocycles. The molecule has 2 aromatic carbocycles. The minimum absolute atomic E-state index is 0.0917. The van der Waals surface area contributed by atoms with E-state index in [4.69, 9.17) is 10.2 Å². The van der Waals surface area contributed by atoms with Crippen LogP contribution < -0.4 is 10.6 Å². The third-order valence-electron chi connectivity index (χ3n) is 4.10. The summed E-state index contributed by atoms with van der Waals surface area (Å²) in [7, 11) is 0. The Kier molecular flexibility index (Phi) is 7.90. The van der Waals surface area contributed by atoms with Crippen LogP contribution in [0.15, 0.2) is 54.6 Å². The van der Waals surface area contributed by atoms with Gasteiger partial charge in [0.1, 0.15) is 0 Å². The molecule has 0 fully saturated rings. The van der Waals surface area contributed by atoms with Crippen molar-refractivity contribution in [3.63, 3.8) is 0 Å². The summed E-state index contributed by atoms with van der Waals surface area (Å²) in [6.45, 7) is 0.137. The highest BCUT2D eigenvalue weighted by molar-refractivity contribution is 6.32. The van der Waals surface area contributed by atoms with E-state index in [0.29, 0.717) is 11.3 Å². The molecule has 0 radical (unpaired) electrons. The van der Waals surface area contributed by atoms with Gasteiger partial charge in [0.25, 0.3) is 0 Å². The maximum absolute atomic E-state index is 12.3. The van der Waals surface area contributed by atoms with Gasteiger partial charge in [-0.2, -0.15) is 0 Å². The van der Waals surface area contributed by atoms with Crippen LogP contribution in [0.3, 0.4) is 0 Å². The molecule has 1 amide bonds. The number of rotatable bonds is 11. The Labute approximate surface area is 167 Å². The Morgan fingerprint density at radius 2 is 1.45 bits per heavy atom. The zero-order valence-corrected chi connectivity index (χ0v) is 15.6. The van der Waals surface area contributed by atoms with Crippen LogP contribution in [-0.4, -0.2) is 46.4 Å². The first-order chi connectivity index (χ1) is 13.8. The molecule has 0 saturated carbocycles. The lowest BCUT2D eigenvalue weighted by Gasteiger charge is -2.19. The highest BCUT2D eigenvalue weighted by atomic mass is 16.4. The van der Waals surface area contributed by atoms with Crippen molar-refractivity contribution in [1.29, 1.82) is 0 Å². The molecule has 1 atom stereocenters. The average Bonchev–Trinajstić information content (AvgIpc) is 2.67. The Balaban J connectivity index is 1.97. The van der Waals surface area contributed by atoms with Crippen LogP contribution in [0.5, 0.6) is 0 Å². The predicted octanol–water partition coefficient (Wildman–Crippen LogP) is 1.50. The van der Waals surface area contributed by atoms with Gasteiger partial charge in [-0.3, -0.25) is 14.4 Å². The number of carbonyl (C=O) groups excluding carboxylic acids is 2. The number of hydrogen-bond donors (Lipinski definition) is 4. The molecule has 0 aliphatic rings. The smallest absolute Gasteiger partial charge is 0.372 e. The van der Waals surface area contributed by atoms with E-state index in [0.717, 1.165) is 5.56 Å². The molecular weight excluding hydrogens is 376 g/mol. The number of benzene rings is 2. The van der Waals surface area contributed by atoms with E-state index in [1.54, 1.807) is 36.4 Å². The van der Waals surface area contributed by atoms with E-state index in [9.17, 15) is 19.2 Å². The number of carboxylic acid groups (broad SMARTS) is 2. The minimum atomic E-state index is -1.55. The van der Waals surface area contributed by atoms with Crippen LogP contribution in [0.4, 0.5) is 5.69 Å². The van der Waals surface area contributed by atoms with Gasteiger partial charge < -0.3 is 20.8 Å². The van der Waals surface area contributed by atoms with Crippen LogP contribution >= 0.6 is 0 Å². The maximum Gasteiger partial charge on any atom is 0.372 e. The van der Waals surface area contributed by atoms with Crippen LogP contribution in [0.25, 0.3) is 0 Å². The summed E-state index contributed by atoms with van der Waals surface area (Å²) in [6, 6.07) is 15.0. The summed E-state index contributed by atoms with van der Waals surface area (Å²) in [5, 5.41) is 23.4. The molecule has 2 aromatic rings. The lowest BCUT2D eigenvalue weighted by atomic mass is 10.1. The van der Waals surface area contributed by atoms with Gasteiger partial charge in [0.05, 0.1) is 18.9 Å². The summed E-state index contributed by atoms with van der Waals surface area (Å²) < 4.78 is 0. The van der Waals surface area contributed by atoms with Crippen molar-refractivity contribution >= 4 is 29.3 Å². The van der Waals surface area contributed by atoms with Gasteiger partial charge in [-0.1, -0.05) is 42.5 Å². The number of hydrogen-bond acceptors (Lipinski definition) is 5. The fourth-order valence-electron chi connectivity index (χ4n) is 2.70. The van der Waals surface area contributed by atoms with Crippen molar-refractivity contribution < 1.29 is 29.4 Å². The second-order valence-electron chi connectivity index (χ2n) is 6.51. The first kappa shape index (κ1) is 21.6. The highest BCUT2D eigenvalue weighted by Gasteiger charge is 2.21. The Bertz CT molecular complexity index is 864. The number of carbonyl (C=O) groups is 4. The molecule has 8 heteroatoms. The van der Waals surface area contributed by atoms with Crippen molar-refractivity contribution in [3.8, 4) is 0 Å². The zero-order valence-electron chi connectivity index (χ0n) is 15.6. The summed E-state index contributed by atoms with van der Waals surface area (Å²) in [6.07, 6.45) is -0.325. The van der Waals surface area contributed by atoms with Crippen LogP contribution in [-0.2, 0) is 32.0 Å². The van der Waals surface area contributed by atoms with Gasteiger partial charge in [0.2, 0.25) is 11.7 Å². The molecule has 152 valence electrons. The third kappa shape index (κ3) is 7.84. The van der Waals surface area contributed by atoms with Gasteiger partial charge in [-0.15, -0.1) is 0 Å². The van der Waals surface area contributed by atoms with E-state index < -0.39 is 23.8 Å². The molecule has 0 spiro atoms. The molecule has 0 aromatic heterocycles. The molecule has 0 saturated heterocycles. The van der Waals surface area contributed by atoms with Gasteiger partial charge in [0, 0.05) is 18.7 Å². The Morgan fingerprint density at radius 1 is 0.828 bits per heavy atom. The highest BCUT2D eigenvalue weighted by Crippen LogP contribution is 2.11. The Morgan fingerprint density at radius 3 is 2.03 bits per heavy atom. The average molecular weight is 398 g/mol. The van der Waals surface area contributed by atoms with Crippen LogP contribution in [0.2, 0.25) is 0 Å². The third-order valence-corrected chi connectivity index (χ3v) is 4.10. The van der Waals surface area contributed by atoms with Crippen LogP contribution in [0.1, 0.15) is 17.5 Å². The van der Waals surface area contributed by atoms with E-state index in [2.05, 4.69) is 10.6 Å². The summed E-state index contributed by atoms with van der Waals surface area (Å²) in [4.78, 5) is 45.5. The SMILES string of the molecule is O=C(O)Cc1ccc(NCC(CC(=O)C(=O)O)NC(=O)Cc2ccccc2)cc1. The molecule has 4 N–H and O–H groups in total. The second-order valence-corrected chi connectivity index (χ2v) is 6.51. The van der Waals surface area contributed by atoms with Gasteiger partial charge >= 0.3 is 11.9 Å². The van der Waals surface area contributed by atoms with E-state index in [1.165, 1.54) is 0 Å². The molecule has 8 nitrogen and oxygen atoms in total. The van der Waals surface area contributed by atoms with E-state index in [-0.39, 0.29) is 31.7 Å². The standard InChI is InChI=1S/C21H22N2O6/c24-18(21(28)29)12-17(23-19(25)10-14-4-2-1-3-5-14)13-22-16-8-6-15(7-9-16)11-20(26)27/h1-9,17,22H,10-13H2,(H,23,25)(H,26,27)(H,28,29). The molecule has 0 bridgehead atoms. The fraction of sp³-hybridized carbons (Fsp3) is 0.238. The zero-order chi connectivity index (χ0) is 21.2. The molecule has 0 aliphatic heterocycles. The monoisotopic (exact) mass is 398 g/mol. The number of anilines is 1. The van der Waals surface area contributed by atoms with Crippen molar-refractivity contribution in [3.05, 3.63) is 65.7 Å². The van der Waals surface area contributed by atoms with Crippen molar-refractivity contribution in [2.75, 3.05) is 11.9 Å². The number of aliphatic carboxylic acids is 2. The van der Waals surface area contributed by atoms with Gasteiger partial charge in [-0.05, 0) is 23.3 Å². The van der Waals surface area contributed by atoms with Crippen molar-refractivity contribution in [2.24, 2.45) is 0 Å². The minimum Gasteiger partial charge on any atom is -0.481 e. The molecule has 2 rings (SSSR count). The molecular formula is C21H22N2O6. The lowest BCUT2D eigenvalue weighted by Crippen LogP contribution is -2.42. The van der Waals surface area contributed by atoms with Crippen LogP contribution in [0, 0.1) is 0 Å². The van der Waals surface area contributed by atoms with Gasteiger partial charge in [-0.25, -0.2) is 4.79 Å². The Hall–Kier alpha value is -3.68. The summed E-state index contributed by atoms with van der Waals surface area (Å²) in [5.41, 5.74) is 2.09. The lowest BCUT2D eigenvalue weighted by molar-refractivity contribution is -0.149. The van der Waals surface area contributed by atoms with Crippen molar-refractivity contribution in [1.82, 2.24) is 5.32 Å². The summed E-state index contributed by atoms with van der Waals surface area (Å²) in [5.74, 6) is -3.80. The topological polar surface area (TPSA) is 133 Å². The molecule has 0 aliphatic carbocycles. The fourth-order valence-corrected chi connectivity index (χ4v) is 2.70. The number of ketones is 1. The number of carboxylic acids is 2. The van der Waals surface area contributed by atoms with E-state index in [1.807, 2.05) is 18.2 Å². The second kappa shape index (κ2) is 10.6. The maximum atomic E-state index is 12.3. The number of Topliss-reactive ketones (excluding diaryl/α,β-unsaturated/α-hetero) is 1. The van der Waals surface area contributed by atoms with Gasteiger partial charge in [0.15, 0.2) is 0 Å². The quantitative estimate of drug-likeness (QED) is 0.422. The first-order valence-electron chi connectivity index (χ1n) is 8.97. The first-order valence-corrected chi connectivity index (χ1v) is 8.97. The summed E-state index contributed by atoms with van der Waals surface area (Å²) >= 11 is 0. The molecule has 1 unspecified atom stereocenters. The molecule has 29 heavy (non-hydrogen) atoms. The number of amides is 1.